The highest BCUT2D eigenvalue weighted by Crippen LogP contribution is 2.12. The quantitative estimate of drug-likeness (QED) is 0.651. The second-order valence-electron chi connectivity index (χ2n) is 4.35. The molecule has 0 aliphatic rings. The van der Waals surface area contributed by atoms with Crippen molar-refractivity contribution in [1.82, 2.24) is 0 Å². The van der Waals surface area contributed by atoms with Gasteiger partial charge in [-0.15, -0.1) is 0 Å². The first-order chi connectivity index (χ1) is 9.28. The molecule has 3 nitrogen and oxygen atoms in total. The molecule has 0 fully saturated rings. The Hall–Kier alpha value is -2.29. The third-order valence-corrected chi connectivity index (χ3v) is 2.77. The molecule has 2 aromatic carbocycles. The number of nitrogens with zero attached hydrogens (tertiary/aromatic N) is 1. The Morgan fingerprint density at radius 3 is 2.37 bits per heavy atom. The average Bonchev–Trinajstić information content (AvgIpc) is 2.47. The summed E-state index contributed by atoms with van der Waals surface area (Å²) in [7, 11) is 1.67. The predicted molar refractivity (Wildman–Crippen MR) is 79.9 cm³/mol. The first kappa shape index (κ1) is 13.1. The smallest absolute Gasteiger partial charge is 0.118 e. The van der Waals surface area contributed by atoms with Gasteiger partial charge in [0.15, 0.2) is 0 Å². The second kappa shape index (κ2) is 6.59. The number of para-hydroxylation sites is 1. The molecule has 0 atom stereocenters. The normalized spacial score (nSPS) is 11.2. The Morgan fingerprint density at radius 2 is 1.74 bits per heavy atom. The Morgan fingerprint density at radius 1 is 1.05 bits per heavy atom. The van der Waals surface area contributed by atoms with Gasteiger partial charge in [0.05, 0.1) is 12.8 Å². The Labute approximate surface area is 113 Å². The summed E-state index contributed by atoms with van der Waals surface area (Å²) in [5, 5.41) is 4.37. The highest BCUT2D eigenvalue weighted by atomic mass is 16.5. The molecule has 0 heterocycles. The number of hydrogen-bond acceptors (Lipinski definition) is 3. The van der Waals surface area contributed by atoms with Crippen molar-refractivity contribution in [3.05, 3.63) is 60.2 Å². The van der Waals surface area contributed by atoms with Gasteiger partial charge in [-0.05, 0) is 36.8 Å². The van der Waals surface area contributed by atoms with Crippen LogP contribution in [0.3, 0.4) is 0 Å². The summed E-state index contributed by atoms with van der Waals surface area (Å²) in [4.78, 5) is 0. The van der Waals surface area contributed by atoms with Crippen molar-refractivity contribution in [2.75, 3.05) is 12.5 Å². The van der Waals surface area contributed by atoms with Crippen LogP contribution < -0.4 is 10.2 Å². The summed E-state index contributed by atoms with van der Waals surface area (Å²) < 4.78 is 5.14. The SMILES string of the molecule is COc1ccc(C/C(C)=N\Nc2ccccc2)cc1. The maximum absolute atomic E-state index is 5.14. The molecule has 0 radical (unpaired) electrons. The molecule has 19 heavy (non-hydrogen) atoms. The van der Waals surface area contributed by atoms with E-state index in [0.717, 1.165) is 23.6 Å². The third-order valence-electron chi connectivity index (χ3n) is 2.77. The van der Waals surface area contributed by atoms with Gasteiger partial charge in [0.1, 0.15) is 5.75 Å². The van der Waals surface area contributed by atoms with Gasteiger partial charge in [-0.3, -0.25) is 5.43 Å². The molecule has 0 aromatic heterocycles. The number of benzene rings is 2. The van der Waals surface area contributed by atoms with Crippen LogP contribution in [0.2, 0.25) is 0 Å². The molecular weight excluding hydrogens is 236 g/mol. The molecule has 0 unspecified atom stereocenters. The Bertz CT molecular complexity index is 532. The standard InChI is InChI=1S/C16H18N2O/c1-13(17-18-15-6-4-3-5-7-15)12-14-8-10-16(19-2)11-9-14/h3-11,18H,12H2,1-2H3/b17-13-. The van der Waals surface area contributed by atoms with Gasteiger partial charge in [-0.2, -0.15) is 5.10 Å². The van der Waals surface area contributed by atoms with Crippen LogP contribution in [0.5, 0.6) is 5.75 Å². The lowest BCUT2D eigenvalue weighted by atomic mass is 10.1. The van der Waals surface area contributed by atoms with Gasteiger partial charge in [-0.1, -0.05) is 30.3 Å². The van der Waals surface area contributed by atoms with E-state index < -0.39 is 0 Å². The van der Waals surface area contributed by atoms with Crippen molar-refractivity contribution in [1.29, 1.82) is 0 Å². The van der Waals surface area contributed by atoms with E-state index in [4.69, 9.17) is 4.74 Å². The van der Waals surface area contributed by atoms with E-state index in [1.807, 2.05) is 49.4 Å². The van der Waals surface area contributed by atoms with Crippen molar-refractivity contribution >= 4 is 11.4 Å². The lowest BCUT2D eigenvalue weighted by molar-refractivity contribution is 0.414. The van der Waals surface area contributed by atoms with Crippen molar-refractivity contribution in [2.24, 2.45) is 5.10 Å². The summed E-state index contributed by atoms with van der Waals surface area (Å²) >= 11 is 0. The van der Waals surface area contributed by atoms with Crippen LogP contribution in [-0.2, 0) is 6.42 Å². The number of hydrogen-bond donors (Lipinski definition) is 1. The minimum absolute atomic E-state index is 0.823. The number of rotatable bonds is 5. The monoisotopic (exact) mass is 254 g/mol. The molecule has 98 valence electrons. The van der Waals surface area contributed by atoms with Gasteiger partial charge in [-0.25, -0.2) is 0 Å². The van der Waals surface area contributed by atoms with Crippen LogP contribution in [0.1, 0.15) is 12.5 Å². The topological polar surface area (TPSA) is 33.6 Å². The van der Waals surface area contributed by atoms with Gasteiger partial charge < -0.3 is 4.74 Å². The van der Waals surface area contributed by atoms with E-state index in [1.54, 1.807) is 7.11 Å². The van der Waals surface area contributed by atoms with E-state index in [9.17, 15) is 0 Å². The Balaban J connectivity index is 1.94. The molecule has 1 N–H and O–H groups in total. The number of anilines is 1. The van der Waals surface area contributed by atoms with Crippen molar-refractivity contribution in [3.8, 4) is 5.75 Å². The molecule has 2 aromatic rings. The first-order valence-corrected chi connectivity index (χ1v) is 6.25. The fourth-order valence-corrected chi connectivity index (χ4v) is 1.75. The largest absolute Gasteiger partial charge is 0.497 e. The van der Waals surface area contributed by atoms with E-state index in [-0.39, 0.29) is 0 Å². The van der Waals surface area contributed by atoms with E-state index in [2.05, 4.69) is 22.7 Å². The number of hydrazone groups is 1. The molecular formula is C16H18N2O. The molecule has 0 bridgehead atoms. The number of ether oxygens (including phenoxy) is 1. The zero-order valence-electron chi connectivity index (χ0n) is 11.3. The molecule has 2 rings (SSSR count). The molecule has 0 aliphatic carbocycles. The van der Waals surface area contributed by atoms with E-state index in [1.165, 1.54) is 5.56 Å². The minimum Gasteiger partial charge on any atom is -0.497 e. The first-order valence-electron chi connectivity index (χ1n) is 6.25. The highest BCUT2D eigenvalue weighted by Gasteiger charge is 1.97. The maximum Gasteiger partial charge on any atom is 0.118 e. The van der Waals surface area contributed by atoms with Gasteiger partial charge >= 0.3 is 0 Å². The summed E-state index contributed by atoms with van der Waals surface area (Å²) in [5.74, 6) is 0.876. The number of methoxy groups -OCH3 is 1. The summed E-state index contributed by atoms with van der Waals surface area (Å²) in [6.07, 6.45) is 0.823. The molecule has 3 heteroatoms. The van der Waals surface area contributed by atoms with Gasteiger partial charge in [0.25, 0.3) is 0 Å². The lowest BCUT2D eigenvalue weighted by Crippen LogP contribution is -2.01. The predicted octanol–water partition coefficient (Wildman–Crippen LogP) is 3.73. The van der Waals surface area contributed by atoms with Crippen LogP contribution in [-0.4, -0.2) is 12.8 Å². The summed E-state index contributed by atoms with van der Waals surface area (Å²) in [6.45, 7) is 2.01. The average molecular weight is 254 g/mol. The van der Waals surface area contributed by atoms with Crippen LogP contribution in [0.4, 0.5) is 5.69 Å². The highest BCUT2D eigenvalue weighted by molar-refractivity contribution is 5.84. The molecule has 0 saturated heterocycles. The van der Waals surface area contributed by atoms with Crippen molar-refractivity contribution in [3.63, 3.8) is 0 Å². The third kappa shape index (κ3) is 4.14. The molecule has 0 saturated carbocycles. The number of nitrogens with one attached hydrogen (secondary N) is 1. The summed E-state index contributed by atoms with van der Waals surface area (Å²) in [6, 6.07) is 18.0. The van der Waals surface area contributed by atoms with Crippen LogP contribution in [0, 0.1) is 0 Å². The van der Waals surface area contributed by atoms with Crippen LogP contribution >= 0.6 is 0 Å². The van der Waals surface area contributed by atoms with Crippen molar-refractivity contribution < 1.29 is 4.74 Å². The van der Waals surface area contributed by atoms with Crippen LogP contribution in [0.25, 0.3) is 0 Å². The molecule has 0 amide bonds. The second-order valence-corrected chi connectivity index (χ2v) is 4.35. The zero-order chi connectivity index (χ0) is 13.5. The molecule has 0 spiro atoms. The zero-order valence-corrected chi connectivity index (χ0v) is 11.3. The van der Waals surface area contributed by atoms with E-state index in [0.29, 0.717) is 0 Å². The van der Waals surface area contributed by atoms with Gasteiger partial charge in [0.2, 0.25) is 0 Å². The minimum atomic E-state index is 0.823. The van der Waals surface area contributed by atoms with Crippen molar-refractivity contribution in [2.45, 2.75) is 13.3 Å². The van der Waals surface area contributed by atoms with E-state index >= 15 is 0 Å². The summed E-state index contributed by atoms with van der Waals surface area (Å²) in [5.41, 5.74) is 6.30. The fourth-order valence-electron chi connectivity index (χ4n) is 1.75. The van der Waals surface area contributed by atoms with Gasteiger partial charge in [0, 0.05) is 12.1 Å². The lowest BCUT2D eigenvalue weighted by Gasteiger charge is -2.05. The molecule has 0 aliphatic heterocycles. The van der Waals surface area contributed by atoms with Crippen LogP contribution in [0.15, 0.2) is 59.7 Å². The Kier molecular flexibility index (Phi) is 4.56. The fraction of sp³-hybridized carbons (Fsp3) is 0.188. The maximum atomic E-state index is 5.14.